The molecule has 0 fully saturated rings. The molecule has 4 heteroatoms. The highest BCUT2D eigenvalue weighted by Gasteiger charge is 2.05. The van der Waals surface area contributed by atoms with Gasteiger partial charge in [-0.3, -0.25) is 4.21 Å². The molecule has 0 aliphatic rings. The molecule has 2 nitrogen and oxygen atoms in total. The van der Waals surface area contributed by atoms with E-state index >= 15 is 0 Å². The van der Waals surface area contributed by atoms with Gasteiger partial charge in [-0.05, 0) is 19.1 Å². The predicted molar refractivity (Wildman–Crippen MR) is 62.9 cm³/mol. The van der Waals surface area contributed by atoms with Crippen LogP contribution >= 0.6 is 11.8 Å². The molecule has 0 radical (unpaired) electrons. The molecule has 0 aromatic heterocycles. The van der Waals surface area contributed by atoms with E-state index in [-0.39, 0.29) is 0 Å². The van der Waals surface area contributed by atoms with Crippen molar-refractivity contribution in [2.75, 3.05) is 12.5 Å². The lowest BCUT2D eigenvalue weighted by Crippen LogP contribution is -2.04. The van der Waals surface area contributed by atoms with Crippen molar-refractivity contribution in [2.24, 2.45) is 5.73 Å². The Bertz CT molecular complexity index is 202. The second-order valence-electron chi connectivity index (χ2n) is 2.93. The first-order chi connectivity index (χ1) is 6.13. The molecule has 0 saturated carbocycles. The van der Waals surface area contributed by atoms with Crippen LogP contribution in [0.4, 0.5) is 0 Å². The number of allylic oxidation sites excluding steroid dienone is 1. The van der Waals surface area contributed by atoms with Gasteiger partial charge in [-0.2, -0.15) is 0 Å². The van der Waals surface area contributed by atoms with E-state index in [9.17, 15) is 4.21 Å². The minimum Gasteiger partial charge on any atom is -0.401 e. The summed E-state index contributed by atoms with van der Waals surface area (Å²) in [7, 11) is -0.921. The number of rotatable bonds is 6. The largest absolute Gasteiger partial charge is 0.401 e. The Labute approximate surface area is 87.8 Å². The van der Waals surface area contributed by atoms with Crippen molar-refractivity contribution in [1.29, 1.82) is 0 Å². The Morgan fingerprint density at radius 1 is 1.46 bits per heavy atom. The average Bonchev–Trinajstić information content (AvgIpc) is 2.05. The summed E-state index contributed by atoms with van der Waals surface area (Å²) in [5.74, 6) is 0. The second kappa shape index (κ2) is 7.44. The van der Waals surface area contributed by atoms with Crippen LogP contribution in [0.5, 0.6) is 0 Å². The smallest absolute Gasteiger partial charge is 0.0898 e. The third kappa shape index (κ3) is 5.37. The number of unbranched alkanes of at least 4 members (excludes halogenated alkanes) is 2. The fourth-order valence-electron chi connectivity index (χ4n) is 1.10. The molecule has 1 atom stereocenters. The standard InChI is InChI=1S/C9H19NOS2/c1-4-5-6-7-8(10)9(12-2)13(3)11/h4-7,10H2,1-3H3. The van der Waals surface area contributed by atoms with Gasteiger partial charge in [0.05, 0.1) is 15.0 Å². The molecular weight excluding hydrogens is 202 g/mol. The molecule has 0 aromatic carbocycles. The second-order valence-corrected chi connectivity index (χ2v) is 5.32. The fourth-order valence-corrected chi connectivity index (χ4v) is 2.87. The Hall–Kier alpha value is 0.0400. The number of hydrogen-bond acceptors (Lipinski definition) is 3. The molecule has 0 bridgehead atoms. The van der Waals surface area contributed by atoms with Gasteiger partial charge in [0.15, 0.2) is 0 Å². The molecule has 0 aliphatic heterocycles. The van der Waals surface area contributed by atoms with Crippen molar-refractivity contribution in [3.63, 3.8) is 0 Å². The van der Waals surface area contributed by atoms with Gasteiger partial charge < -0.3 is 5.73 Å². The summed E-state index contributed by atoms with van der Waals surface area (Å²) in [5, 5.41) is 0. The van der Waals surface area contributed by atoms with Crippen LogP contribution in [-0.2, 0) is 10.8 Å². The molecule has 0 aliphatic carbocycles. The first-order valence-corrected chi connectivity index (χ1v) is 7.27. The van der Waals surface area contributed by atoms with Crippen molar-refractivity contribution in [2.45, 2.75) is 32.6 Å². The minimum atomic E-state index is -0.921. The highest BCUT2D eigenvalue weighted by atomic mass is 32.2. The van der Waals surface area contributed by atoms with Crippen LogP contribution in [0.1, 0.15) is 32.6 Å². The first-order valence-electron chi connectivity index (χ1n) is 4.49. The van der Waals surface area contributed by atoms with Crippen molar-refractivity contribution in [3.05, 3.63) is 9.93 Å². The molecule has 0 aromatic rings. The molecule has 0 rings (SSSR count). The van der Waals surface area contributed by atoms with Crippen LogP contribution in [-0.4, -0.2) is 16.7 Å². The van der Waals surface area contributed by atoms with E-state index in [1.807, 2.05) is 6.26 Å². The Morgan fingerprint density at radius 3 is 2.46 bits per heavy atom. The molecule has 0 amide bonds. The van der Waals surface area contributed by atoms with E-state index in [0.29, 0.717) is 0 Å². The SMILES string of the molecule is CCCCCC(N)=C(SC)S(C)=O. The van der Waals surface area contributed by atoms with E-state index in [1.54, 1.807) is 6.26 Å². The summed E-state index contributed by atoms with van der Waals surface area (Å²) in [4.78, 5) is 0. The van der Waals surface area contributed by atoms with Gasteiger partial charge in [0.2, 0.25) is 0 Å². The van der Waals surface area contributed by atoms with Gasteiger partial charge in [0.25, 0.3) is 0 Å². The molecular formula is C9H19NOS2. The molecule has 13 heavy (non-hydrogen) atoms. The van der Waals surface area contributed by atoms with Crippen molar-refractivity contribution >= 4 is 22.6 Å². The van der Waals surface area contributed by atoms with Crippen LogP contribution in [0, 0.1) is 0 Å². The summed E-state index contributed by atoms with van der Waals surface area (Å²) in [6.07, 6.45) is 7.96. The monoisotopic (exact) mass is 221 g/mol. The molecule has 78 valence electrons. The third-order valence-corrected chi connectivity index (χ3v) is 4.38. The van der Waals surface area contributed by atoms with E-state index in [2.05, 4.69) is 6.92 Å². The van der Waals surface area contributed by atoms with Gasteiger partial charge in [0.1, 0.15) is 0 Å². The first kappa shape index (κ1) is 13.0. The minimum absolute atomic E-state index is 0.807. The lowest BCUT2D eigenvalue weighted by atomic mass is 10.2. The van der Waals surface area contributed by atoms with E-state index in [1.165, 1.54) is 24.6 Å². The molecule has 0 spiro atoms. The molecule has 1 unspecified atom stereocenters. The van der Waals surface area contributed by atoms with Gasteiger partial charge in [-0.15, -0.1) is 11.8 Å². The predicted octanol–water partition coefficient (Wildman–Crippen LogP) is 2.44. The quantitative estimate of drug-likeness (QED) is 0.701. The zero-order valence-corrected chi connectivity index (χ0v) is 10.3. The number of hydrogen-bond donors (Lipinski definition) is 1. The Balaban J connectivity index is 4.14. The topological polar surface area (TPSA) is 43.1 Å². The number of thioether (sulfide) groups is 1. The average molecular weight is 221 g/mol. The van der Waals surface area contributed by atoms with E-state index in [0.717, 1.165) is 22.8 Å². The highest BCUT2D eigenvalue weighted by molar-refractivity contribution is 8.15. The van der Waals surface area contributed by atoms with Gasteiger partial charge in [-0.25, -0.2) is 0 Å². The van der Waals surface area contributed by atoms with Crippen molar-refractivity contribution in [3.8, 4) is 0 Å². The van der Waals surface area contributed by atoms with Gasteiger partial charge in [-0.1, -0.05) is 19.8 Å². The summed E-state index contributed by atoms with van der Waals surface area (Å²) in [5.41, 5.74) is 6.64. The Morgan fingerprint density at radius 2 is 2.08 bits per heavy atom. The van der Waals surface area contributed by atoms with E-state index < -0.39 is 10.8 Å². The van der Waals surface area contributed by atoms with Crippen LogP contribution in [0.3, 0.4) is 0 Å². The molecule has 2 N–H and O–H groups in total. The van der Waals surface area contributed by atoms with Crippen LogP contribution in [0.15, 0.2) is 9.93 Å². The van der Waals surface area contributed by atoms with Crippen LogP contribution in [0.25, 0.3) is 0 Å². The zero-order chi connectivity index (χ0) is 10.3. The maximum atomic E-state index is 11.2. The van der Waals surface area contributed by atoms with Gasteiger partial charge >= 0.3 is 0 Å². The van der Waals surface area contributed by atoms with Crippen molar-refractivity contribution in [1.82, 2.24) is 0 Å². The maximum absolute atomic E-state index is 11.2. The third-order valence-electron chi connectivity index (χ3n) is 1.76. The summed E-state index contributed by atoms with van der Waals surface area (Å²) in [6.45, 7) is 2.16. The van der Waals surface area contributed by atoms with Crippen LogP contribution in [0.2, 0.25) is 0 Å². The normalized spacial score (nSPS) is 15.3. The summed E-state index contributed by atoms with van der Waals surface area (Å²) >= 11 is 1.50. The Kier molecular flexibility index (Phi) is 7.47. The zero-order valence-electron chi connectivity index (χ0n) is 8.63. The molecule has 0 saturated heterocycles. The van der Waals surface area contributed by atoms with Gasteiger partial charge in [0, 0.05) is 12.0 Å². The highest BCUT2D eigenvalue weighted by Crippen LogP contribution is 2.20. The molecule has 0 heterocycles. The lowest BCUT2D eigenvalue weighted by Gasteiger charge is -2.06. The number of nitrogens with two attached hydrogens (primary N) is 1. The summed E-state index contributed by atoms with van der Waals surface area (Å²) in [6, 6.07) is 0. The fraction of sp³-hybridized carbons (Fsp3) is 0.778. The van der Waals surface area contributed by atoms with E-state index in [4.69, 9.17) is 5.73 Å². The van der Waals surface area contributed by atoms with Crippen molar-refractivity contribution < 1.29 is 4.21 Å². The lowest BCUT2D eigenvalue weighted by molar-refractivity contribution is 0.689. The van der Waals surface area contributed by atoms with Crippen LogP contribution < -0.4 is 5.73 Å². The maximum Gasteiger partial charge on any atom is 0.0898 e. The summed E-state index contributed by atoms with van der Waals surface area (Å²) < 4.78 is 12.0.